The maximum atomic E-state index is 11.9. The second-order valence-electron chi connectivity index (χ2n) is 3.56. The van der Waals surface area contributed by atoms with E-state index in [2.05, 4.69) is 10.1 Å². The van der Waals surface area contributed by atoms with Gasteiger partial charge in [-0.3, -0.25) is 4.79 Å². The smallest absolute Gasteiger partial charge is 0.406 e. The zero-order valence-electron chi connectivity index (χ0n) is 9.49. The van der Waals surface area contributed by atoms with Crippen LogP contribution in [-0.2, 0) is 4.79 Å². The number of aliphatic hydroxyl groups is 1. The van der Waals surface area contributed by atoms with Crippen molar-refractivity contribution in [2.45, 2.75) is 19.3 Å². The summed E-state index contributed by atoms with van der Waals surface area (Å²) in [7, 11) is 0. The molecule has 0 saturated heterocycles. The number of benzene rings is 1. The molecule has 0 aliphatic heterocycles. The van der Waals surface area contributed by atoms with Gasteiger partial charge in [0.1, 0.15) is 12.4 Å². The SMILES string of the molecule is C[C@H](NC(=O)CO)c1ccc(OC(F)(F)F)cc1. The number of carbonyl (C=O) groups excluding carboxylic acids is 1. The van der Waals surface area contributed by atoms with E-state index in [1.807, 2.05) is 0 Å². The molecule has 18 heavy (non-hydrogen) atoms. The number of amides is 1. The van der Waals surface area contributed by atoms with Crippen LogP contribution in [0.3, 0.4) is 0 Å². The molecule has 0 saturated carbocycles. The van der Waals surface area contributed by atoms with Gasteiger partial charge in [0.25, 0.3) is 0 Å². The fourth-order valence-electron chi connectivity index (χ4n) is 1.33. The number of alkyl halides is 3. The Bertz CT molecular complexity index is 403. The van der Waals surface area contributed by atoms with Crippen molar-refractivity contribution in [3.05, 3.63) is 29.8 Å². The van der Waals surface area contributed by atoms with Crippen LogP contribution in [0.1, 0.15) is 18.5 Å². The summed E-state index contributed by atoms with van der Waals surface area (Å²) in [6, 6.07) is 4.71. The monoisotopic (exact) mass is 263 g/mol. The van der Waals surface area contributed by atoms with Gasteiger partial charge in [-0.15, -0.1) is 13.2 Å². The third-order valence-corrected chi connectivity index (χ3v) is 2.13. The Kier molecular flexibility index (Phi) is 4.55. The fourth-order valence-corrected chi connectivity index (χ4v) is 1.33. The van der Waals surface area contributed by atoms with Gasteiger partial charge < -0.3 is 15.2 Å². The van der Waals surface area contributed by atoms with Crippen LogP contribution in [0.4, 0.5) is 13.2 Å². The van der Waals surface area contributed by atoms with Crippen LogP contribution in [0.2, 0.25) is 0 Å². The molecule has 0 unspecified atom stereocenters. The van der Waals surface area contributed by atoms with E-state index < -0.39 is 24.9 Å². The van der Waals surface area contributed by atoms with Crippen LogP contribution in [0.15, 0.2) is 24.3 Å². The average Bonchev–Trinajstić information content (AvgIpc) is 2.27. The Morgan fingerprint density at radius 3 is 2.39 bits per heavy atom. The Hall–Kier alpha value is -1.76. The zero-order chi connectivity index (χ0) is 13.8. The topological polar surface area (TPSA) is 58.6 Å². The van der Waals surface area contributed by atoms with Crippen molar-refractivity contribution in [1.29, 1.82) is 0 Å². The lowest BCUT2D eigenvalue weighted by Crippen LogP contribution is -2.28. The highest BCUT2D eigenvalue weighted by molar-refractivity contribution is 5.77. The predicted molar refractivity (Wildman–Crippen MR) is 56.8 cm³/mol. The largest absolute Gasteiger partial charge is 0.573 e. The number of carbonyl (C=O) groups is 1. The molecule has 0 heterocycles. The highest BCUT2D eigenvalue weighted by atomic mass is 19.4. The molecular weight excluding hydrogens is 251 g/mol. The quantitative estimate of drug-likeness (QED) is 0.870. The molecule has 2 N–H and O–H groups in total. The van der Waals surface area contributed by atoms with Gasteiger partial charge in [-0.05, 0) is 24.6 Å². The number of halogens is 3. The first-order valence-corrected chi connectivity index (χ1v) is 5.08. The predicted octanol–water partition coefficient (Wildman–Crippen LogP) is 1.75. The standard InChI is InChI=1S/C11H12F3NO3/c1-7(15-10(17)6-16)8-2-4-9(5-3-8)18-11(12,13)14/h2-5,7,16H,6H2,1H3,(H,15,17)/t7-/m0/s1. The first kappa shape index (κ1) is 14.3. The molecule has 1 aromatic carbocycles. The maximum Gasteiger partial charge on any atom is 0.573 e. The molecule has 0 aliphatic carbocycles. The van der Waals surface area contributed by atoms with Crippen molar-refractivity contribution in [2.24, 2.45) is 0 Å². The van der Waals surface area contributed by atoms with E-state index in [0.29, 0.717) is 5.56 Å². The lowest BCUT2D eigenvalue weighted by Gasteiger charge is -2.14. The Labute approximate surface area is 101 Å². The number of nitrogens with one attached hydrogen (secondary N) is 1. The molecule has 1 rings (SSSR count). The molecule has 0 aromatic heterocycles. The van der Waals surface area contributed by atoms with E-state index in [-0.39, 0.29) is 5.75 Å². The molecule has 0 bridgehead atoms. The minimum Gasteiger partial charge on any atom is -0.406 e. The van der Waals surface area contributed by atoms with Crippen molar-refractivity contribution < 1.29 is 27.8 Å². The molecule has 1 aromatic rings. The average molecular weight is 263 g/mol. The van der Waals surface area contributed by atoms with E-state index >= 15 is 0 Å². The fraction of sp³-hybridized carbons (Fsp3) is 0.364. The van der Waals surface area contributed by atoms with E-state index in [9.17, 15) is 18.0 Å². The summed E-state index contributed by atoms with van der Waals surface area (Å²) in [6.45, 7) is 1.01. The summed E-state index contributed by atoms with van der Waals surface area (Å²) in [6.07, 6.45) is -4.72. The van der Waals surface area contributed by atoms with Gasteiger partial charge in [0, 0.05) is 0 Å². The third-order valence-electron chi connectivity index (χ3n) is 2.13. The molecule has 4 nitrogen and oxygen atoms in total. The summed E-state index contributed by atoms with van der Waals surface area (Å²) in [5.41, 5.74) is 0.603. The van der Waals surface area contributed by atoms with Crippen molar-refractivity contribution in [3.63, 3.8) is 0 Å². The van der Waals surface area contributed by atoms with Crippen molar-refractivity contribution in [3.8, 4) is 5.75 Å². The number of hydrogen-bond donors (Lipinski definition) is 2. The van der Waals surface area contributed by atoms with Gasteiger partial charge in [0.05, 0.1) is 6.04 Å². The number of hydrogen-bond acceptors (Lipinski definition) is 3. The molecule has 100 valence electrons. The van der Waals surface area contributed by atoms with E-state index in [1.54, 1.807) is 6.92 Å². The Morgan fingerprint density at radius 1 is 1.39 bits per heavy atom. The summed E-state index contributed by atoms with van der Waals surface area (Å²) in [5.74, 6) is -0.884. The van der Waals surface area contributed by atoms with Gasteiger partial charge in [0.2, 0.25) is 5.91 Å². The molecule has 7 heteroatoms. The molecule has 0 spiro atoms. The highest BCUT2D eigenvalue weighted by Gasteiger charge is 2.31. The van der Waals surface area contributed by atoms with Crippen LogP contribution in [0.25, 0.3) is 0 Å². The van der Waals surface area contributed by atoms with Crippen LogP contribution < -0.4 is 10.1 Å². The van der Waals surface area contributed by atoms with Crippen LogP contribution in [0.5, 0.6) is 5.75 Å². The highest BCUT2D eigenvalue weighted by Crippen LogP contribution is 2.24. The molecule has 1 amide bonds. The summed E-state index contributed by atoms with van der Waals surface area (Å²) >= 11 is 0. The van der Waals surface area contributed by atoms with Gasteiger partial charge in [-0.2, -0.15) is 0 Å². The normalized spacial score (nSPS) is 12.9. The van der Waals surface area contributed by atoms with Crippen LogP contribution >= 0.6 is 0 Å². The van der Waals surface area contributed by atoms with Gasteiger partial charge in [-0.25, -0.2) is 0 Å². The van der Waals surface area contributed by atoms with E-state index in [0.717, 1.165) is 12.1 Å². The van der Waals surface area contributed by atoms with E-state index in [1.165, 1.54) is 12.1 Å². The lowest BCUT2D eigenvalue weighted by molar-refractivity contribution is -0.274. The van der Waals surface area contributed by atoms with Crippen molar-refractivity contribution in [1.82, 2.24) is 5.32 Å². The Morgan fingerprint density at radius 2 is 1.94 bits per heavy atom. The van der Waals surface area contributed by atoms with Gasteiger partial charge in [-0.1, -0.05) is 12.1 Å². The number of ether oxygens (including phenoxy) is 1. The van der Waals surface area contributed by atoms with Crippen LogP contribution in [0, 0.1) is 0 Å². The van der Waals surface area contributed by atoms with E-state index in [4.69, 9.17) is 5.11 Å². The molecular formula is C11H12F3NO3. The number of rotatable bonds is 4. The zero-order valence-corrected chi connectivity index (χ0v) is 9.49. The first-order valence-electron chi connectivity index (χ1n) is 5.08. The molecule has 0 aliphatic rings. The Balaban J connectivity index is 2.67. The van der Waals surface area contributed by atoms with Crippen molar-refractivity contribution in [2.75, 3.05) is 6.61 Å². The number of aliphatic hydroxyl groups excluding tert-OH is 1. The van der Waals surface area contributed by atoms with Crippen LogP contribution in [-0.4, -0.2) is 24.0 Å². The minimum absolute atomic E-state index is 0.327. The first-order chi connectivity index (χ1) is 8.31. The maximum absolute atomic E-state index is 11.9. The second-order valence-corrected chi connectivity index (χ2v) is 3.56. The second kappa shape index (κ2) is 5.72. The molecule has 0 radical (unpaired) electrons. The summed E-state index contributed by atoms with van der Waals surface area (Å²) in [5, 5.41) is 11.0. The lowest BCUT2D eigenvalue weighted by atomic mass is 10.1. The van der Waals surface area contributed by atoms with Crippen molar-refractivity contribution >= 4 is 5.91 Å². The van der Waals surface area contributed by atoms with Gasteiger partial charge >= 0.3 is 6.36 Å². The molecule has 1 atom stereocenters. The van der Waals surface area contributed by atoms with Gasteiger partial charge in [0.15, 0.2) is 0 Å². The summed E-state index contributed by atoms with van der Waals surface area (Å²) < 4.78 is 39.4. The third kappa shape index (κ3) is 4.62. The molecule has 0 fully saturated rings. The minimum atomic E-state index is -4.72. The summed E-state index contributed by atoms with van der Waals surface area (Å²) in [4.78, 5) is 10.9.